The maximum atomic E-state index is 12.1. The van der Waals surface area contributed by atoms with Crippen molar-refractivity contribution < 1.29 is 9.53 Å². The van der Waals surface area contributed by atoms with Crippen LogP contribution in [0, 0.1) is 6.92 Å². The summed E-state index contributed by atoms with van der Waals surface area (Å²) in [6.45, 7) is 4.40. The Balaban J connectivity index is 2.28. The van der Waals surface area contributed by atoms with Gasteiger partial charge < -0.3 is 15.4 Å². The van der Waals surface area contributed by atoms with E-state index in [0.717, 1.165) is 6.42 Å². The van der Waals surface area contributed by atoms with Gasteiger partial charge >= 0.3 is 0 Å². The quantitative estimate of drug-likeness (QED) is 0.847. The van der Waals surface area contributed by atoms with Crippen LogP contribution in [-0.2, 0) is 0 Å². The van der Waals surface area contributed by atoms with Crippen molar-refractivity contribution >= 4 is 29.1 Å². The first kappa shape index (κ1) is 17.0. The van der Waals surface area contributed by atoms with E-state index in [1.54, 1.807) is 38.3 Å². The van der Waals surface area contributed by atoms with Gasteiger partial charge in [0.15, 0.2) is 0 Å². The third-order valence-electron chi connectivity index (χ3n) is 3.03. The van der Waals surface area contributed by atoms with Gasteiger partial charge in [-0.1, -0.05) is 18.5 Å². The lowest BCUT2D eigenvalue weighted by Crippen LogP contribution is -2.25. The lowest BCUT2D eigenvalue weighted by molar-refractivity contribution is 0.0948. The second-order valence-corrected chi connectivity index (χ2v) is 5.38. The molecule has 6 nitrogen and oxygen atoms in total. The number of hydrogen-bond acceptors (Lipinski definition) is 5. The van der Waals surface area contributed by atoms with Crippen LogP contribution >= 0.6 is 11.6 Å². The van der Waals surface area contributed by atoms with Gasteiger partial charge in [0.05, 0.1) is 12.8 Å². The van der Waals surface area contributed by atoms with Gasteiger partial charge in [-0.25, -0.2) is 9.97 Å². The predicted octanol–water partition coefficient (Wildman–Crippen LogP) is 3.33. The molecule has 0 saturated carbocycles. The van der Waals surface area contributed by atoms with Crippen LogP contribution < -0.4 is 15.4 Å². The van der Waals surface area contributed by atoms with Gasteiger partial charge in [0.2, 0.25) is 5.95 Å². The molecule has 122 valence electrons. The molecule has 2 rings (SSSR count). The Kier molecular flexibility index (Phi) is 5.76. The molecule has 1 heterocycles. The fraction of sp³-hybridized carbons (Fsp3) is 0.312. The maximum absolute atomic E-state index is 12.1. The molecule has 1 aromatic heterocycles. The van der Waals surface area contributed by atoms with Gasteiger partial charge in [-0.15, -0.1) is 0 Å². The summed E-state index contributed by atoms with van der Waals surface area (Å²) >= 11 is 6.01. The van der Waals surface area contributed by atoms with Crippen LogP contribution in [0.2, 0.25) is 5.02 Å². The van der Waals surface area contributed by atoms with E-state index >= 15 is 0 Å². The first-order chi connectivity index (χ1) is 11.0. The van der Waals surface area contributed by atoms with Crippen molar-refractivity contribution in [1.82, 2.24) is 15.3 Å². The van der Waals surface area contributed by atoms with Crippen LogP contribution in [0.1, 0.15) is 29.5 Å². The van der Waals surface area contributed by atoms with Gasteiger partial charge in [0.1, 0.15) is 11.4 Å². The molecule has 2 aromatic rings. The number of aryl methyl sites for hydroxylation is 1. The summed E-state index contributed by atoms with van der Waals surface area (Å²) in [6, 6.07) is 6.83. The monoisotopic (exact) mass is 334 g/mol. The molecule has 0 aliphatic rings. The molecular weight excluding hydrogens is 316 g/mol. The summed E-state index contributed by atoms with van der Waals surface area (Å²) < 4.78 is 5.28. The zero-order chi connectivity index (χ0) is 16.8. The van der Waals surface area contributed by atoms with Crippen molar-refractivity contribution in [3.63, 3.8) is 0 Å². The smallest absolute Gasteiger partial charge is 0.270 e. The molecule has 0 unspecified atom stereocenters. The molecule has 23 heavy (non-hydrogen) atoms. The zero-order valence-corrected chi connectivity index (χ0v) is 14.1. The summed E-state index contributed by atoms with van der Waals surface area (Å²) in [5, 5.41) is 6.40. The Morgan fingerprint density at radius 1 is 1.30 bits per heavy atom. The molecule has 1 aromatic carbocycles. The Morgan fingerprint density at radius 3 is 2.78 bits per heavy atom. The fourth-order valence-corrected chi connectivity index (χ4v) is 2.14. The summed E-state index contributed by atoms with van der Waals surface area (Å²) in [6.07, 6.45) is 0.862. The second-order valence-electron chi connectivity index (χ2n) is 4.94. The van der Waals surface area contributed by atoms with Gasteiger partial charge in [0, 0.05) is 17.3 Å². The average molecular weight is 335 g/mol. The van der Waals surface area contributed by atoms with E-state index in [0.29, 0.717) is 40.3 Å². The topological polar surface area (TPSA) is 76.1 Å². The molecule has 0 spiro atoms. The SMILES string of the molecule is CCCNC(=O)c1cc(C)nc(Nc2cc(Cl)ccc2OC)n1. The third-order valence-corrected chi connectivity index (χ3v) is 3.27. The molecule has 0 radical (unpaired) electrons. The highest BCUT2D eigenvalue weighted by Gasteiger charge is 2.12. The molecular formula is C16H19ClN4O2. The molecule has 0 aliphatic heterocycles. The minimum Gasteiger partial charge on any atom is -0.495 e. The number of carbonyl (C=O) groups excluding carboxylic acids is 1. The molecule has 1 amide bonds. The Hall–Kier alpha value is -2.34. The number of anilines is 2. The summed E-state index contributed by atoms with van der Waals surface area (Å²) in [5.41, 5.74) is 1.63. The number of ether oxygens (including phenoxy) is 1. The van der Waals surface area contributed by atoms with E-state index in [9.17, 15) is 4.79 Å². The van der Waals surface area contributed by atoms with Crippen LogP contribution in [0.15, 0.2) is 24.3 Å². The fourth-order valence-electron chi connectivity index (χ4n) is 1.97. The highest BCUT2D eigenvalue weighted by Crippen LogP contribution is 2.29. The van der Waals surface area contributed by atoms with Crippen LogP contribution in [0.3, 0.4) is 0 Å². The minimum absolute atomic E-state index is 0.224. The van der Waals surface area contributed by atoms with Crippen LogP contribution in [0.5, 0.6) is 5.75 Å². The molecule has 7 heteroatoms. The number of hydrogen-bond donors (Lipinski definition) is 2. The molecule has 0 fully saturated rings. The lowest BCUT2D eigenvalue weighted by atomic mass is 10.3. The number of carbonyl (C=O) groups is 1. The Morgan fingerprint density at radius 2 is 2.09 bits per heavy atom. The number of nitrogens with one attached hydrogen (secondary N) is 2. The molecule has 0 atom stereocenters. The summed E-state index contributed by atoms with van der Waals surface area (Å²) in [5.74, 6) is 0.696. The molecule has 0 bridgehead atoms. The van der Waals surface area contributed by atoms with Crippen molar-refractivity contribution in [2.75, 3.05) is 19.0 Å². The Bertz CT molecular complexity index is 706. The van der Waals surface area contributed by atoms with E-state index in [1.807, 2.05) is 6.92 Å². The van der Waals surface area contributed by atoms with Gasteiger partial charge in [0.25, 0.3) is 5.91 Å². The summed E-state index contributed by atoms with van der Waals surface area (Å²) in [7, 11) is 1.56. The van der Waals surface area contributed by atoms with E-state index in [4.69, 9.17) is 16.3 Å². The first-order valence-corrected chi connectivity index (χ1v) is 7.65. The highest BCUT2D eigenvalue weighted by atomic mass is 35.5. The number of methoxy groups -OCH3 is 1. The van der Waals surface area contributed by atoms with E-state index in [1.165, 1.54) is 0 Å². The summed E-state index contributed by atoms with van der Waals surface area (Å²) in [4.78, 5) is 20.6. The van der Waals surface area contributed by atoms with E-state index in [-0.39, 0.29) is 5.91 Å². The largest absolute Gasteiger partial charge is 0.495 e. The van der Waals surface area contributed by atoms with Crippen molar-refractivity contribution in [1.29, 1.82) is 0 Å². The lowest BCUT2D eigenvalue weighted by Gasteiger charge is -2.12. The normalized spacial score (nSPS) is 10.3. The first-order valence-electron chi connectivity index (χ1n) is 7.28. The number of rotatable bonds is 6. The molecule has 0 aliphatic carbocycles. The van der Waals surface area contributed by atoms with E-state index in [2.05, 4.69) is 20.6 Å². The second kappa shape index (κ2) is 7.78. The van der Waals surface area contributed by atoms with Gasteiger partial charge in [-0.05, 0) is 37.6 Å². The van der Waals surface area contributed by atoms with Crippen molar-refractivity contribution in [3.8, 4) is 5.75 Å². The van der Waals surface area contributed by atoms with Crippen molar-refractivity contribution in [2.24, 2.45) is 0 Å². The molecule has 0 saturated heterocycles. The van der Waals surface area contributed by atoms with Crippen LogP contribution in [0.4, 0.5) is 11.6 Å². The number of halogens is 1. The number of benzene rings is 1. The standard InChI is InChI=1S/C16H19ClN4O2/c1-4-7-18-15(22)13-8-10(2)19-16(21-13)20-12-9-11(17)5-6-14(12)23-3/h5-6,8-9H,4,7H2,1-3H3,(H,18,22)(H,19,20,21). The van der Waals surface area contributed by atoms with Crippen molar-refractivity contribution in [2.45, 2.75) is 20.3 Å². The maximum Gasteiger partial charge on any atom is 0.270 e. The third kappa shape index (κ3) is 4.56. The zero-order valence-electron chi connectivity index (χ0n) is 13.3. The Labute approximate surface area is 140 Å². The highest BCUT2D eigenvalue weighted by molar-refractivity contribution is 6.31. The van der Waals surface area contributed by atoms with Gasteiger partial charge in [-0.3, -0.25) is 4.79 Å². The van der Waals surface area contributed by atoms with Crippen LogP contribution in [0.25, 0.3) is 0 Å². The average Bonchev–Trinajstić information content (AvgIpc) is 2.52. The number of nitrogens with zero attached hydrogens (tertiary/aromatic N) is 2. The molecule has 2 N–H and O–H groups in total. The van der Waals surface area contributed by atoms with Gasteiger partial charge in [-0.2, -0.15) is 0 Å². The number of amides is 1. The van der Waals surface area contributed by atoms with E-state index < -0.39 is 0 Å². The minimum atomic E-state index is -0.224. The predicted molar refractivity (Wildman–Crippen MR) is 90.7 cm³/mol. The van der Waals surface area contributed by atoms with Crippen LogP contribution in [-0.4, -0.2) is 29.5 Å². The number of aromatic nitrogens is 2. The van der Waals surface area contributed by atoms with Crippen molar-refractivity contribution in [3.05, 3.63) is 40.7 Å².